The molecule has 0 unspecified atom stereocenters. The van der Waals surface area contributed by atoms with Crippen LogP contribution in [-0.2, 0) is 24.3 Å². The van der Waals surface area contributed by atoms with E-state index in [1.54, 1.807) is 6.92 Å². The zero-order valence-corrected chi connectivity index (χ0v) is 17.0. The monoisotopic (exact) mass is 411 g/mol. The molecule has 1 atom stereocenters. The van der Waals surface area contributed by atoms with Gasteiger partial charge in [0.2, 0.25) is 15.9 Å². The molecule has 1 aromatic carbocycles. The summed E-state index contributed by atoms with van der Waals surface area (Å²) in [4.78, 5) is 37.4. The van der Waals surface area contributed by atoms with E-state index in [2.05, 4.69) is 0 Å². The first-order valence-electron chi connectivity index (χ1n) is 8.81. The highest BCUT2D eigenvalue weighted by molar-refractivity contribution is 7.89. The Bertz CT molecular complexity index is 881. The molecule has 154 valence electrons. The van der Waals surface area contributed by atoms with Gasteiger partial charge in [-0.25, -0.2) is 17.5 Å². The summed E-state index contributed by atoms with van der Waals surface area (Å²) < 4.78 is 30.6. The number of benzene rings is 1. The number of carbonyl (C=O) groups is 3. The predicted molar refractivity (Wildman–Crippen MR) is 101 cm³/mol. The van der Waals surface area contributed by atoms with Crippen molar-refractivity contribution in [2.75, 3.05) is 33.8 Å². The van der Waals surface area contributed by atoms with Gasteiger partial charge in [0.1, 0.15) is 0 Å². The smallest absolute Gasteiger partial charge is 0.338 e. The summed E-state index contributed by atoms with van der Waals surface area (Å²) in [6.45, 7) is 1.83. The maximum Gasteiger partial charge on any atom is 0.338 e. The van der Waals surface area contributed by atoms with Gasteiger partial charge in [0.05, 0.1) is 16.4 Å². The van der Waals surface area contributed by atoms with Crippen LogP contribution < -0.4 is 5.73 Å². The number of likely N-dealkylation sites (tertiary alicyclic amines) is 1. The van der Waals surface area contributed by atoms with Crippen LogP contribution in [0.15, 0.2) is 23.1 Å². The first kappa shape index (κ1) is 21.8. The Morgan fingerprint density at radius 2 is 1.96 bits per heavy atom. The molecule has 1 aliphatic rings. The number of amides is 2. The quantitative estimate of drug-likeness (QED) is 0.663. The van der Waals surface area contributed by atoms with Crippen molar-refractivity contribution in [3.05, 3.63) is 29.3 Å². The van der Waals surface area contributed by atoms with Crippen LogP contribution in [0.3, 0.4) is 0 Å². The molecule has 0 saturated carbocycles. The Morgan fingerprint density at radius 1 is 1.29 bits per heavy atom. The molecule has 10 heteroatoms. The minimum absolute atomic E-state index is 0.0401. The molecule has 2 amide bonds. The molecule has 9 nitrogen and oxygen atoms in total. The Kier molecular flexibility index (Phi) is 6.78. The van der Waals surface area contributed by atoms with Gasteiger partial charge in [0.25, 0.3) is 5.91 Å². The second-order valence-electron chi connectivity index (χ2n) is 6.92. The highest BCUT2D eigenvalue weighted by atomic mass is 32.2. The van der Waals surface area contributed by atoms with E-state index in [1.165, 1.54) is 37.2 Å². The van der Waals surface area contributed by atoms with Crippen LogP contribution >= 0.6 is 0 Å². The van der Waals surface area contributed by atoms with Crippen LogP contribution in [0.2, 0.25) is 0 Å². The third kappa shape index (κ3) is 4.87. The number of nitrogens with two attached hydrogens (primary N) is 1. The molecule has 1 heterocycles. The molecular weight excluding hydrogens is 386 g/mol. The summed E-state index contributed by atoms with van der Waals surface area (Å²) in [5.74, 6) is -2.06. The number of aryl methyl sites for hydroxylation is 1. The lowest BCUT2D eigenvalue weighted by Crippen LogP contribution is -2.45. The number of hydrogen-bond donors (Lipinski definition) is 1. The Balaban J connectivity index is 2.07. The molecule has 0 aromatic heterocycles. The highest BCUT2D eigenvalue weighted by Crippen LogP contribution is 2.19. The Hall–Kier alpha value is -2.46. The SMILES string of the molecule is Cc1ccc(S(=O)(=O)N(C)C)cc1C(=O)OCC(=O)N1CCC[C@@H](C(N)=O)C1. The normalized spacial score (nSPS) is 17.4. The van der Waals surface area contributed by atoms with Crippen LogP contribution in [0.1, 0.15) is 28.8 Å². The van der Waals surface area contributed by atoms with Crippen molar-refractivity contribution < 1.29 is 27.5 Å². The van der Waals surface area contributed by atoms with E-state index in [9.17, 15) is 22.8 Å². The third-order valence-electron chi connectivity index (χ3n) is 4.71. The molecule has 1 aliphatic heterocycles. The van der Waals surface area contributed by atoms with Gasteiger partial charge < -0.3 is 15.4 Å². The fourth-order valence-corrected chi connectivity index (χ4v) is 3.85. The molecular formula is C18H25N3O6S. The second-order valence-corrected chi connectivity index (χ2v) is 9.07. The summed E-state index contributed by atoms with van der Waals surface area (Å²) in [7, 11) is -0.920. The number of carbonyl (C=O) groups excluding carboxylic acids is 3. The molecule has 0 radical (unpaired) electrons. The second kappa shape index (κ2) is 8.70. The van der Waals surface area contributed by atoms with E-state index < -0.39 is 40.3 Å². The number of nitrogens with zero attached hydrogens (tertiary/aromatic N) is 2. The van der Waals surface area contributed by atoms with Crippen LogP contribution in [0, 0.1) is 12.8 Å². The number of piperidine rings is 1. The fraction of sp³-hybridized carbons (Fsp3) is 0.500. The van der Waals surface area contributed by atoms with Crippen molar-refractivity contribution in [3.63, 3.8) is 0 Å². The molecule has 2 rings (SSSR count). The van der Waals surface area contributed by atoms with Gasteiger partial charge in [0, 0.05) is 27.2 Å². The van der Waals surface area contributed by atoms with E-state index in [0.29, 0.717) is 24.9 Å². The zero-order valence-electron chi connectivity index (χ0n) is 16.2. The topological polar surface area (TPSA) is 127 Å². The number of ether oxygens (including phenoxy) is 1. The first-order valence-corrected chi connectivity index (χ1v) is 10.3. The van der Waals surface area contributed by atoms with Crippen LogP contribution in [0.4, 0.5) is 0 Å². The molecule has 1 fully saturated rings. The van der Waals surface area contributed by atoms with Gasteiger partial charge in [0.15, 0.2) is 6.61 Å². The summed E-state index contributed by atoms with van der Waals surface area (Å²) in [6, 6.07) is 4.16. The van der Waals surface area contributed by atoms with Gasteiger partial charge >= 0.3 is 5.97 Å². The van der Waals surface area contributed by atoms with Crippen molar-refractivity contribution in [2.45, 2.75) is 24.7 Å². The lowest BCUT2D eigenvalue weighted by Gasteiger charge is -2.31. The maximum absolute atomic E-state index is 12.4. The average Bonchev–Trinajstić information content (AvgIpc) is 2.65. The molecule has 2 N–H and O–H groups in total. The Morgan fingerprint density at radius 3 is 2.57 bits per heavy atom. The standard InChI is InChI=1S/C18H25N3O6S/c1-12-6-7-14(28(25,26)20(2)3)9-15(12)18(24)27-11-16(22)21-8-4-5-13(10-21)17(19)23/h6-7,9,13H,4-5,8,10-11H2,1-3H3,(H2,19,23)/t13-/m1/s1. The van der Waals surface area contributed by atoms with Crippen LogP contribution in [0.5, 0.6) is 0 Å². The third-order valence-corrected chi connectivity index (χ3v) is 6.52. The molecule has 1 aromatic rings. The summed E-state index contributed by atoms with van der Waals surface area (Å²) in [5, 5.41) is 0. The summed E-state index contributed by atoms with van der Waals surface area (Å²) in [5.41, 5.74) is 5.90. The minimum atomic E-state index is -3.71. The minimum Gasteiger partial charge on any atom is -0.452 e. The molecule has 0 spiro atoms. The molecule has 0 bridgehead atoms. The van der Waals surface area contributed by atoms with Gasteiger partial charge in [-0.2, -0.15) is 0 Å². The van der Waals surface area contributed by atoms with Gasteiger partial charge in [-0.05, 0) is 37.5 Å². The lowest BCUT2D eigenvalue weighted by atomic mass is 9.97. The molecule has 0 aliphatic carbocycles. The largest absolute Gasteiger partial charge is 0.452 e. The number of primary amides is 1. The van der Waals surface area contributed by atoms with E-state index in [-0.39, 0.29) is 17.0 Å². The van der Waals surface area contributed by atoms with Crippen molar-refractivity contribution >= 4 is 27.8 Å². The van der Waals surface area contributed by atoms with E-state index >= 15 is 0 Å². The maximum atomic E-state index is 12.4. The van der Waals surface area contributed by atoms with E-state index in [0.717, 1.165) is 4.31 Å². The van der Waals surface area contributed by atoms with Crippen molar-refractivity contribution in [1.29, 1.82) is 0 Å². The van der Waals surface area contributed by atoms with Gasteiger partial charge in [-0.3, -0.25) is 9.59 Å². The van der Waals surface area contributed by atoms with Crippen molar-refractivity contribution in [1.82, 2.24) is 9.21 Å². The number of hydrogen-bond acceptors (Lipinski definition) is 6. The van der Waals surface area contributed by atoms with E-state index in [4.69, 9.17) is 10.5 Å². The van der Waals surface area contributed by atoms with Crippen molar-refractivity contribution in [3.8, 4) is 0 Å². The average molecular weight is 411 g/mol. The fourth-order valence-electron chi connectivity index (χ4n) is 2.92. The Labute approximate surface area is 164 Å². The number of esters is 1. The zero-order chi connectivity index (χ0) is 21.1. The van der Waals surface area contributed by atoms with E-state index in [1.807, 2.05) is 0 Å². The number of rotatable bonds is 6. The van der Waals surface area contributed by atoms with Gasteiger partial charge in [-0.1, -0.05) is 6.07 Å². The summed E-state index contributed by atoms with van der Waals surface area (Å²) in [6.07, 6.45) is 1.28. The number of sulfonamides is 1. The first-order chi connectivity index (χ1) is 13.0. The lowest BCUT2D eigenvalue weighted by molar-refractivity contribution is -0.137. The van der Waals surface area contributed by atoms with Crippen LogP contribution in [-0.4, -0.2) is 69.2 Å². The predicted octanol–water partition coefficient (Wildman–Crippen LogP) is 0.126. The van der Waals surface area contributed by atoms with Crippen molar-refractivity contribution in [2.24, 2.45) is 11.7 Å². The molecule has 28 heavy (non-hydrogen) atoms. The van der Waals surface area contributed by atoms with Gasteiger partial charge in [-0.15, -0.1) is 0 Å². The highest BCUT2D eigenvalue weighted by Gasteiger charge is 2.28. The molecule has 1 saturated heterocycles. The summed E-state index contributed by atoms with van der Waals surface area (Å²) >= 11 is 0. The van der Waals surface area contributed by atoms with Crippen LogP contribution in [0.25, 0.3) is 0 Å².